The molecule has 1 aromatic rings. The molecule has 0 spiro atoms. The molecule has 0 fully saturated rings. The molecule has 0 amide bonds. The SMILES string of the molecule is [B]c1cc(Cl)cc(C#N)c1C. The lowest BCUT2D eigenvalue weighted by atomic mass is 9.89. The summed E-state index contributed by atoms with van der Waals surface area (Å²) in [6.45, 7) is 1.80. The summed E-state index contributed by atoms with van der Waals surface area (Å²) in [6, 6.07) is 5.25. The van der Waals surface area contributed by atoms with Crippen molar-refractivity contribution in [1.82, 2.24) is 0 Å². The first-order valence-electron chi connectivity index (χ1n) is 3.11. The van der Waals surface area contributed by atoms with Crippen LogP contribution >= 0.6 is 11.6 Å². The van der Waals surface area contributed by atoms with Gasteiger partial charge in [0.2, 0.25) is 0 Å². The Kier molecular flexibility index (Phi) is 2.21. The summed E-state index contributed by atoms with van der Waals surface area (Å²) < 4.78 is 0. The average molecular weight is 161 g/mol. The van der Waals surface area contributed by atoms with Gasteiger partial charge in [0.25, 0.3) is 0 Å². The van der Waals surface area contributed by atoms with Gasteiger partial charge in [0.05, 0.1) is 11.6 Å². The van der Waals surface area contributed by atoms with Crippen LogP contribution in [0, 0.1) is 18.3 Å². The van der Waals surface area contributed by atoms with Gasteiger partial charge in [0, 0.05) is 5.02 Å². The minimum atomic E-state index is 0.504. The van der Waals surface area contributed by atoms with Gasteiger partial charge in [0.15, 0.2) is 0 Å². The third kappa shape index (κ3) is 1.55. The molecular weight excluding hydrogens is 156 g/mol. The van der Waals surface area contributed by atoms with Gasteiger partial charge in [-0.2, -0.15) is 5.26 Å². The van der Waals surface area contributed by atoms with Crippen LogP contribution in [0.3, 0.4) is 0 Å². The summed E-state index contributed by atoms with van der Waals surface area (Å²) in [4.78, 5) is 0. The molecule has 0 saturated heterocycles. The second-order valence-corrected chi connectivity index (χ2v) is 2.72. The van der Waals surface area contributed by atoms with Crippen molar-refractivity contribution in [3.63, 3.8) is 0 Å². The number of hydrogen-bond acceptors (Lipinski definition) is 1. The molecule has 1 nitrogen and oxygen atoms in total. The Bertz CT molecular complexity index is 328. The molecule has 1 rings (SSSR count). The Morgan fingerprint density at radius 2 is 2.18 bits per heavy atom. The average Bonchev–Trinajstić information content (AvgIpc) is 1.96. The molecule has 0 bridgehead atoms. The first-order chi connectivity index (χ1) is 5.15. The Labute approximate surface area is 72.0 Å². The maximum absolute atomic E-state index is 8.60. The molecule has 0 unspecified atom stereocenters. The molecule has 0 heterocycles. The molecule has 2 radical (unpaired) electrons. The number of halogens is 1. The molecule has 52 valence electrons. The molecule has 0 aliphatic rings. The van der Waals surface area contributed by atoms with E-state index in [9.17, 15) is 0 Å². The lowest BCUT2D eigenvalue weighted by molar-refractivity contribution is 1.42. The van der Waals surface area contributed by atoms with Crippen molar-refractivity contribution in [2.24, 2.45) is 0 Å². The van der Waals surface area contributed by atoms with Gasteiger partial charge in [-0.05, 0) is 18.6 Å². The predicted molar refractivity (Wildman–Crippen MR) is 46.3 cm³/mol. The Hall–Kier alpha value is -0.935. The van der Waals surface area contributed by atoms with Crippen molar-refractivity contribution < 1.29 is 0 Å². The quantitative estimate of drug-likeness (QED) is 0.527. The zero-order valence-electron chi connectivity index (χ0n) is 6.06. The summed E-state index contributed by atoms with van der Waals surface area (Å²) in [5, 5.41) is 9.11. The summed E-state index contributed by atoms with van der Waals surface area (Å²) in [6.07, 6.45) is 0. The maximum atomic E-state index is 8.60. The second-order valence-electron chi connectivity index (χ2n) is 2.28. The van der Waals surface area contributed by atoms with Crippen LogP contribution < -0.4 is 5.46 Å². The lowest BCUT2D eigenvalue weighted by Crippen LogP contribution is -2.08. The van der Waals surface area contributed by atoms with Crippen LogP contribution in [0.15, 0.2) is 12.1 Å². The number of nitrogens with zero attached hydrogens (tertiary/aromatic N) is 1. The zero-order chi connectivity index (χ0) is 8.43. The van der Waals surface area contributed by atoms with Crippen LogP contribution in [-0.4, -0.2) is 7.85 Å². The van der Waals surface area contributed by atoms with Crippen LogP contribution in [0.1, 0.15) is 11.1 Å². The van der Waals surface area contributed by atoms with Crippen LogP contribution in [0.25, 0.3) is 0 Å². The summed E-state index contributed by atoms with van der Waals surface area (Å²) in [5.41, 5.74) is 1.89. The molecule has 0 aliphatic heterocycles. The fourth-order valence-corrected chi connectivity index (χ4v) is 1.04. The van der Waals surface area contributed by atoms with Crippen LogP contribution in [0.4, 0.5) is 0 Å². The largest absolute Gasteiger partial charge is 0.192 e. The van der Waals surface area contributed by atoms with E-state index < -0.39 is 0 Å². The first-order valence-corrected chi connectivity index (χ1v) is 3.48. The van der Waals surface area contributed by atoms with Crippen molar-refractivity contribution >= 4 is 24.9 Å². The fraction of sp³-hybridized carbons (Fsp3) is 0.125. The van der Waals surface area contributed by atoms with Gasteiger partial charge < -0.3 is 0 Å². The Morgan fingerprint density at radius 1 is 1.55 bits per heavy atom. The maximum Gasteiger partial charge on any atom is 0.114 e. The van der Waals surface area contributed by atoms with E-state index in [0.717, 1.165) is 5.56 Å². The predicted octanol–water partition coefficient (Wildman–Crippen LogP) is 1.31. The first kappa shape index (κ1) is 8.16. The van der Waals surface area contributed by atoms with Gasteiger partial charge >= 0.3 is 0 Å². The standard InChI is InChI=1S/C8H5BClN/c1-5-6(4-11)2-7(10)3-8(5)9/h2-3H,1H3. The molecule has 1 aromatic carbocycles. The molecule has 3 heteroatoms. The van der Waals surface area contributed by atoms with E-state index >= 15 is 0 Å². The summed E-state index contributed by atoms with van der Waals surface area (Å²) in [7, 11) is 5.56. The lowest BCUT2D eigenvalue weighted by Gasteiger charge is -2.02. The second kappa shape index (κ2) is 2.98. The molecule has 0 aliphatic carbocycles. The van der Waals surface area contributed by atoms with Crippen molar-refractivity contribution in [2.75, 3.05) is 0 Å². The van der Waals surface area contributed by atoms with Gasteiger partial charge in [0.1, 0.15) is 7.85 Å². The van der Waals surface area contributed by atoms with E-state index in [1.165, 1.54) is 0 Å². The minimum Gasteiger partial charge on any atom is -0.192 e. The van der Waals surface area contributed by atoms with E-state index in [4.69, 9.17) is 24.7 Å². The summed E-state index contributed by atoms with van der Waals surface area (Å²) >= 11 is 5.67. The normalized spacial score (nSPS) is 9.18. The molecule has 0 aromatic heterocycles. The topological polar surface area (TPSA) is 23.8 Å². The van der Waals surface area contributed by atoms with Gasteiger partial charge in [-0.1, -0.05) is 23.1 Å². The van der Waals surface area contributed by atoms with Gasteiger partial charge in [-0.15, -0.1) is 0 Å². The highest BCUT2D eigenvalue weighted by molar-refractivity contribution is 6.37. The van der Waals surface area contributed by atoms with Crippen LogP contribution in [0.5, 0.6) is 0 Å². The van der Waals surface area contributed by atoms with Crippen LogP contribution in [-0.2, 0) is 0 Å². The summed E-state index contributed by atoms with van der Waals surface area (Å²) in [5.74, 6) is 0. The van der Waals surface area contributed by atoms with Gasteiger partial charge in [-0.25, -0.2) is 0 Å². The van der Waals surface area contributed by atoms with Gasteiger partial charge in [-0.3, -0.25) is 0 Å². The molecule has 0 atom stereocenters. The monoisotopic (exact) mass is 161 g/mol. The van der Waals surface area contributed by atoms with E-state index in [1.807, 2.05) is 6.07 Å². The number of nitriles is 1. The number of rotatable bonds is 0. The highest BCUT2D eigenvalue weighted by Gasteiger charge is 2.00. The Balaban J connectivity index is 3.39. The molecule has 11 heavy (non-hydrogen) atoms. The zero-order valence-corrected chi connectivity index (χ0v) is 6.81. The van der Waals surface area contributed by atoms with E-state index in [-0.39, 0.29) is 0 Å². The molecular formula is C8H5BClN. The third-order valence-corrected chi connectivity index (χ3v) is 1.75. The Morgan fingerprint density at radius 3 is 2.73 bits per heavy atom. The molecule has 0 saturated carbocycles. The van der Waals surface area contributed by atoms with Crippen molar-refractivity contribution in [2.45, 2.75) is 6.92 Å². The van der Waals surface area contributed by atoms with E-state index in [0.29, 0.717) is 16.0 Å². The fourth-order valence-electron chi connectivity index (χ4n) is 0.816. The van der Waals surface area contributed by atoms with E-state index in [2.05, 4.69) is 0 Å². The number of benzene rings is 1. The van der Waals surface area contributed by atoms with E-state index in [1.54, 1.807) is 19.1 Å². The highest BCUT2D eigenvalue weighted by atomic mass is 35.5. The van der Waals surface area contributed by atoms with Crippen LogP contribution in [0.2, 0.25) is 5.02 Å². The van der Waals surface area contributed by atoms with Crippen molar-refractivity contribution in [3.05, 3.63) is 28.3 Å². The van der Waals surface area contributed by atoms with Crippen molar-refractivity contribution in [1.29, 1.82) is 5.26 Å². The number of hydrogen-bond donors (Lipinski definition) is 0. The smallest absolute Gasteiger partial charge is 0.114 e. The highest BCUT2D eigenvalue weighted by Crippen LogP contribution is 2.11. The van der Waals surface area contributed by atoms with Crippen molar-refractivity contribution in [3.8, 4) is 6.07 Å². The minimum absolute atomic E-state index is 0.504. The third-order valence-electron chi connectivity index (χ3n) is 1.53. The molecule has 0 N–H and O–H groups in total.